The van der Waals surface area contributed by atoms with Crippen LogP contribution in [-0.4, -0.2) is 15.6 Å². The highest BCUT2D eigenvalue weighted by atomic mass is 79.9. The van der Waals surface area contributed by atoms with Crippen molar-refractivity contribution in [3.05, 3.63) is 51.8 Å². The molecule has 0 saturated heterocycles. The van der Waals surface area contributed by atoms with E-state index >= 15 is 0 Å². The van der Waals surface area contributed by atoms with Crippen LogP contribution in [0.3, 0.4) is 0 Å². The van der Waals surface area contributed by atoms with Gasteiger partial charge in [0.25, 0.3) is 0 Å². The Kier molecular flexibility index (Phi) is 3.43. The molecule has 0 atom stereocenters. The second-order valence-corrected chi connectivity index (χ2v) is 4.70. The van der Waals surface area contributed by atoms with Crippen molar-refractivity contribution in [3.63, 3.8) is 0 Å². The Hall–Kier alpha value is -1.42. The summed E-state index contributed by atoms with van der Waals surface area (Å²) < 4.78 is 2.52. The average molecular weight is 293 g/mol. The summed E-state index contributed by atoms with van der Waals surface area (Å²) >= 11 is 3.41. The van der Waals surface area contributed by atoms with Crippen LogP contribution in [-0.2, 0) is 6.54 Å². The van der Waals surface area contributed by atoms with Crippen LogP contribution in [0.4, 0.5) is 0 Å². The van der Waals surface area contributed by atoms with Crippen molar-refractivity contribution in [1.29, 1.82) is 0 Å². The lowest BCUT2D eigenvalue weighted by Gasteiger charge is -2.06. The number of aromatic nitrogens is 2. The normalized spacial score (nSPS) is 10.5. The van der Waals surface area contributed by atoms with Crippen LogP contribution < -0.4 is 0 Å². The fourth-order valence-corrected chi connectivity index (χ4v) is 2.16. The number of carbonyl (C=O) groups excluding carboxylic acids is 1. The Morgan fingerprint density at radius 2 is 2.18 bits per heavy atom. The van der Waals surface area contributed by atoms with Crippen molar-refractivity contribution >= 4 is 21.7 Å². The number of halogens is 1. The molecular formula is C13H13BrN2O. The minimum Gasteiger partial charge on any atom is -0.287 e. The van der Waals surface area contributed by atoms with Gasteiger partial charge in [0, 0.05) is 22.8 Å². The van der Waals surface area contributed by atoms with Crippen LogP contribution in [0.1, 0.15) is 28.5 Å². The lowest BCUT2D eigenvalue weighted by molar-refractivity contribution is 0.102. The van der Waals surface area contributed by atoms with Gasteiger partial charge in [0.2, 0.25) is 5.78 Å². The second-order valence-electron chi connectivity index (χ2n) is 3.84. The van der Waals surface area contributed by atoms with Crippen molar-refractivity contribution in [1.82, 2.24) is 9.78 Å². The van der Waals surface area contributed by atoms with Gasteiger partial charge < -0.3 is 0 Å². The molecule has 17 heavy (non-hydrogen) atoms. The van der Waals surface area contributed by atoms with Gasteiger partial charge in [-0.2, -0.15) is 5.10 Å². The van der Waals surface area contributed by atoms with Gasteiger partial charge in [-0.05, 0) is 32.0 Å². The Bertz CT molecular complexity index is 560. The van der Waals surface area contributed by atoms with E-state index in [0.29, 0.717) is 17.8 Å². The lowest BCUT2D eigenvalue weighted by atomic mass is 10.1. The first kappa shape index (κ1) is 12.0. The number of benzene rings is 1. The standard InChI is InChI=1S/C13H13BrN2O/c1-3-16-12(6-7-15-16)13(17)10-8-9(2)4-5-11(10)14/h4-8H,3H2,1-2H3. The van der Waals surface area contributed by atoms with E-state index in [2.05, 4.69) is 21.0 Å². The molecule has 3 nitrogen and oxygen atoms in total. The molecule has 0 aliphatic heterocycles. The molecule has 0 fully saturated rings. The third-order valence-electron chi connectivity index (χ3n) is 2.62. The van der Waals surface area contributed by atoms with Gasteiger partial charge in [-0.15, -0.1) is 0 Å². The molecule has 0 bridgehead atoms. The first-order chi connectivity index (χ1) is 8.13. The van der Waals surface area contributed by atoms with Crippen molar-refractivity contribution in [2.24, 2.45) is 0 Å². The summed E-state index contributed by atoms with van der Waals surface area (Å²) in [5, 5.41) is 4.11. The number of ketones is 1. The van der Waals surface area contributed by atoms with Gasteiger partial charge in [0.15, 0.2) is 0 Å². The summed E-state index contributed by atoms with van der Waals surface area (Å²) in [6, 6.07) is 7.51. The van der Waals surface area contributed by atoms with Crippen molar-refractivity contribution in [2.45, 2.75) is 20.4 Å². The molecule has 88 valence electrons. The maximum atomic E-state index is 12.4. The molecule has 1 aromatic heterocycles. The molecule has 4 heteroatoms. The number of nitrogens with zero attached hydrogens (tertiary/aromatic N) is 2. The zero-order valence-electron chi connectivity index (χ0n) is 9.77. The number of carbonyl (C=O) groups is 1. The fraction of sp³-hybridized carbons (Fsp3) is 0.231. The minimum atomic E-state index is -0.0000694. The van der Waals surface area contributed by atoms with Crippen LogP contribution in [0, 0.1) is 6.92 Å². The van der Waals surface area contributed by atoms with Gasteiger partial charge >= 0.3 is 0 Å². The van der Waals surface area contributed by atoms with E-state index in [1.807, 2.05) is 32.0 Å². The maximum absolute atomic E-state index is 12.4. The largest absolute Gasteiger partial charge is 0.287 e. The molecule has 1 aromatic carbocycles. The molecule has 2 aromatic rings. The van der Waals surface area contributed by atoms with Gasteiger partial charge in [0.05, 0.1) is 0 Å². The molecule has 0 unspecified atom stereocenters. The quantitative estimate of drug-likeness (QED) is 0.814. The van der Waals surface area contributed by atoms with Crippen LogP contribution in [0.5, 0.6) is 0 Å². The summed E-state index contributed by atoms with van der Waals surface area (Å²) in [6.07, 6.45) is 1.65. The summed E-state index contributed by atoms with van der Waals surface area (Å²) in [4.78, 5) is 12.4. The Morgan fingerprint density at radius 3 is 2.88 bits per heavy atom. The lowest BCUT2D eigenvalue weighted by Crippen LogP contribution is -2.11. The number of hydrogen-bond donors (Lipinski definition) is 0. The first-order valence-corrected chi connectivity index (χ1v) is 6.25. The smallest absolute Gasteiger partial charge is 0.212 e. The molecule has 1 heterocycles. The van der Waals surface area contributed by atoms with Crippen molar-refractivity contribution in [3.8, 4) is 0 Å². The Balaban J connectivity index is 2.47. The molecule has 0 radical (unpaired) electrons. The van der Waals surface area contributed by atoms with E-state index in [1.165, 1.54) is 0 Å². The highest BCUT2D eigenvalue weighted by molar-refractivity contribution is 9.10. The molecule has 0 spiro atoms. The van der Waals surface area contributed by atoms with E-state index in [4.69, 9.17) is 0 Å². The second kappa shape index (κ2) is 4.84. The van der Waals surface area contributed by atoms with Gasteiger partial charge in [-0.1, -0.05) is 27.6 Å². The predicted molar refractivity (Wildman–Crippen MR) is 70.2 cm³/mol. The summed E-state index contributed by atoms with van der Waals surface area (Å²) in [5.41, 5.74) is 2.37. The van der Waals surface area contributed by atoms with Gasteiger partial charge in [0.1, 0.15) is 5.69 Å². The molecule has 0 aliphatic carbocycles. The van der Waals surface area contributed by atoms with Gasteiger partial charge in [-0.3, -0.25) is 9.48 Å². The first-order valence-electron chi connectivity index (χ1n) is 5.46. The topological polar surface area (TPSA) is 34.9 Å². The molecule has 0 N–H and O–H groups in total. The predicted octanol–water partition coefficient (Wildman–Crippen LogP) is 3.20. The molecule has 0 saturated carbocycles. The van der Waals surface area contributed by atoms with E-state index in [0.717, 1.165) is 10.0 Å². The molecule has 2 rings (SSSR count). The van der Waals surface area contributed by atoms with E-state index in [1.54, 1.807) is 16.9 Å². The summed E-state index contributed by atoms with van der Waals surface area (Å²) in [6.45, 7) is 4.63. The van der Waals surface area contributed by atoms with Crippen LogP contribution in [0.2, 0.25) is 0 Å². The molecule has 0 amide bonds. The number of hydrogen-bond acceptors (Lipinski definition) is 2. The molecular weight excluding hydrogens is 280 g/mol. The minimum absolute atomic E-state index is 0.0000694. The van der Waals surface area contributed by atoms with E-state index in [9.17, 15) is 4.79 Å². The van der Waals surface area contributed by atoms with E-state index in [-0.39, 0.29) is 5.78 Å². The zero-order chi connectivity index (χ0) is 12.4. The SMILES string of the molecule is CCn1nccc1C(=O)c1cc(C)ccc1Br. The third kappa shape index (κ3) is 2.31. The highest BCUT2D eigenvalue weighted by Gasteiger charge is 2.16. The maximum Gasteiger partial charge on any atom is 0.212 e. The Labute approximate surface area is 109 Å². The van der Waals surface area contributed by atoms with Crippen LogP contribution in [0.15, 0.2) is 34.9 Å². The third-order valence-corrected chi connectivity index (χ3v) is 3.31. The Morgan fingerprint density at radius 1 is 1.41 bits per heavy atom. The van der Waals surface area contributed by atoms with Gasteiger partial charge in [-0.25, -0.2) is 0 Å². The monoisotopic (exact) mass is 292 g/mol. The van der Waals surface area contributed by atoms with Crippen molar-refractivity contribution in [2.75, 3.05) is 0 Å². The van der Waals surface area contributed by atoms with E-state index < -0.39 is 0 Å². The fourth-order valence-electron chi connectivity index (χ4n) is 1.73. The summed E-state index contributed by atoms with van der Waals surface area (Å²) in [5.74, 6) is -0.0000694. The molecule has 0 aliphatic rings. The number of aryl methyl sites for hydroxylation is 2. The average Bonchev–Trinajstić information content (AvgIpc) is 2.79. The summed E-state index contributed by atoms with van der Waals surface area (Å²) in [7, 11) is 0. The van der Waals surface area contributed by atoms with Crippen LogP contribution in [0.25, 0.3) is 0 Å². The van der Waals surface area contributed by atoms with Crippen LogP contribution >= 0.6 is 15.9 Å². The highest BCUT2D eigenvalue weighted by Crippen LogP contribution is 2.21. The van der Waals surface area contributed by atoms with Crippen molar-refractivity contribution < 1.29 is 4.79 Å². The number of rotatable bonds is 3. The zero-order valence-corrected chi connectivity index (χ0v) is 11.4.